The second kappa shape index (κ2) is 10.0. The Morgan fingerprint density at radius 2 is 1.73 bits per heavy atom. The Bertz CT molecular complexity index is 1250. The first kappa shape index (κ1) is 24.8. The van der Waals surface area contributed by atoms with Gasteiger partial charge in [-0.1, -0.05) is 30.3 Å². The minimum Gasteiger partial charge on any atom is -0.493 e. The zero-order valence-corrected chi connectivity index (χ0v) is 21.8. The van der Waals surface area contributed by atoms with Gasteiger partial charge < -0.3 is 4.74 Å². The molecule has 1 N–H and O–H groups in total. The van der Waals surface area contributed by atoms with E-state index in [0.29, 0.717) is 43.4 Å². The molecule has 0 radical (unpaired) electrons. The highest BCUT2D eigenvalue weighted by molar-refractivity contribution is 7.87. The normalized spacial score (nSPS) is 26.0. The average Bonchev–Trinajstić information content (AvgIpc) is 3.63. The van der Waals surface area contributed by atoms with Crippen molar-refractivity contribution < 1.29 is 22.3 Å². The molecule has 6 rings (SSSR count). The molecule has 198 valence electrons. The second-order valence-electron chi connectivity index (χ2n) is 11.0. The van der Waals surface area contributed by atoms with Crippen LogP contribution in [-0.2, 0) is 16.8 Å². The van der Waals surface area contributed by atoms with Gasteiger partial charge in [0.1, 0.15) is 11.6 Å². The Morgan fingerprint density at radius 3 is 2.35 bits per heavy atom. The van der Waals surface area contributed by atoms with Gasteiger partial charge in [0.05, 0.1) is 12.2 Å². The molecule has 2 aromatic rings. The van der Waals surface area contributed by atoms with E-state index >= 15 is 4.39 Å². The van der Waals surface area contributed by atoms with Gasteiger partial charge in [-0.05, 0) is 74.0 Å². The van der Waals surface area contributed by atoms with Crippen LogP contribution in [0.1, 0.15) is 72.3 Å². The average molecular weight is 528 g/mol. The van der Waals surface area contributed by atoms with Gasteiger partial charge in [-0.25, -0.2) is 9.11 Å². The molecule has 2 bridgehead atoms. The number of nitrogens with zero attached hydrogens (tertiary/aromatic N) is 2. The number of piperidine rings is 1. The topological polar surface area (TPSA) is 79.0 Å². The van der Waals surface area contributed by atoms with Crippen LogP contribution < -0.4 is 9.46 Å². The van der Waals surface area contributed by atoms with Crippen LogP contribution in [-0.4, -0.2) is 55.3 Å². The fourth-order valence-corrected chi connectivity index (χ4v) is 7.34. The maximum atomic E-state index is 15.0. The van der Waals surface area contributed by atoms with Gasteiger partial charge in [0.2, 0.25) is 0 Å². The molecule has 3 aliphatic heterocycles. The molecule has 2 aromatic carbocycles. The molecule has 0 aromatic heterocycles. The zero-order chi connectivity index (χ0) is 25.6. The Kier molecular flexibility index (Phi) is 6.71. The lowest BCUT2D eigenvalue weighted by atomic mass is 9.91. The molecule has 4 aliphatic rings. The minimum absolute atomic E-state index is 0.220. The summed E-state index contributed by atoms with van der Waals surface area (Å²) in [4.78, 5) is 15.3. The molecule has 1 amide bonds. The van der Waals surface area contributed by atoms with Crippen LogP contribution in [0.2, 0.25) is 0 Å². The van der Waals surface area contributed by atoms with Crippen molar-refractivity contribution in [2.75, 3.05) is 19.7 Å². The molecule has 4 fully saturated rings. The highest BCUT2D eigenvalue weighted by Crippen LogP contribution is 2.46. The number of amides is 1. The zero-order valence-electron chi connectivity index (χ0n) is 20.9. The summed E-state index contributed by atoms with van der Waals surface area (Å²) in [6, 6.07) is 14.5. The molecule has 3 saturated heterocycles. The molecule has 2 atom stereocenters. The van der Waals surface area contributed by atoms with E-state index in [1.807, 2.05) is 4.72 Å². The number of benzene rings is 2. The summed E-state index contributed by atoms with van der Waals surface area (Å²) in [6.45, 7) is 2.26. The third-order valence-electron chi connectivity index (χ3n) is 8.40. The van der Waals surface area contributed by atoms with Crippen LogP contribution in [0.25, 0.3) is 0 Å². The lowest BCUT2D eigenvalue weighted by molar-refractivity contribution is 0.0735. The van der Waals surface area contributed by atoms with Gasteiger partial charge in [0.25, 0.3) is 5.91 Å². The van der Waals surface area contributed by atoms with Crippen LogP contribution in [0.4, 0.5) is 4.39 Å². The fraction of sp³-hybridized carbons (Fsp3) is 0.536. The highest BCUT2D eigenvalue weighted by atomic mass is 32.2. The third-order valence-corrected chi connectivity index (χ3v) is 9.89. The predicted molar refractivity (Wildman–Crippen MR) is 138 cm³/mol. The Balaban J connectivity index is 1.11. The standard InChI is InChI=1S/C28H34FN3O4S/c29-26-16-27(24(21-7-8-21)15-25(26)28(33)30-37(34,35)31-11-4-12-31)36-18-20-13-22-9-10-23(14-20)32(22)17-19-5-2-1-3-6-19/h1-3,5-6,15-16,20-23H,4,7-14,17-18H2,(H,30,33). The van der Waals surface area contributed by atoms with Crippen molar-refractivity contribution in [1.82, 2.24) is 13.9 Å². The summed E-state index contributed by atoms with van der Waals surface area (Å²) in [5.74, 6) is -0.572. The number of ether oxygens (including phenoxy) is 1. The van der Waals surface area contributed by atoms with Gasteiger partial charge in [-0.3, -0.25) is 9.69 Å². The number of rotatable bonds is 9. The SMILES string of the molecule is O=C(NS(=O)(=O)N1CCC1)c1cc(C2CC2)c(OCC2CC3CCC(C2)N3Cc2ccccc2)cc1F. The first-order chi connectivity index (χ1) is 17.9. The molecule has 1 saturated carbocycles. The maximum absolute atomic E-state index is 15.0. The van der Waals surface area contributed by atoms with E-state index in [1.54, 1.807) is 0 Å². The van der Waals surface area contributed by atoms with E-state index < -0.39 is 21.9 Å². The van der Waals surface area contributed by atoms with E-state index in [4.69, 9.17) is 4.74 Å². The highest BCUT2D eigenvalue weighted by Gasteiger charge is 2.41. The van der Waals surface area contributed by atoms with Gasteiger partial charge in [-0.15, -0.1) is 0 Å². The van der Waals surface area contributed by atoms with Gasteiger partial charge in [0, 0.05) is 37.8 Å². The van der Waals surface area contributed by atoms with Crippen molar-refractivity contribution in [3.63, 3.8) is 0 Å². The molecular formula is C28H34FN3O4S. The molecule has 9 heteroatoms. The second-order valence-corrected chi connectivity index (χ2v) is 12.7. The lowest BCUT2D eigenvalue weighted by Gasteiger charge is -2.39. The summed E-state index contributed by atoms with van der Waals surface area (Å²) >= 11 is 0. The minimum atomic E-state index is -3.94. The molecule has 7 nitrogen and oxygen atoms in total. The van der Waals surface area contributed by atoms with Crippen LogP contribution in [0.5, 0.6) is 5.75 Å². The number of carbonyl (C=O) groups is 1. The quantitative estimate of drug-likeness (QED) is 0.529. The molecule has 3 heterocycles. The van der Waals surface area contributed by atoms with Crippen molar-refractivity contribution in [2.24, 2.45) is 5.92 Å². The first-order valence-corrected chi connectivity index (χ1v) is 14.9. The fourth-order valence-electron chi connectivity index (χ4n) is 6.13. The molecule has 1 aliphatic carbocycles. The third kappa shape index (κ3) is 5.26. The Morgan fingerprint density at radius 1 is 1.03 bits per heavy atom. The summed E-state index contributed by atoms with van der Waals surface area (Å²) < 4.78 is 49.1. The maximum Gasteiger partial charge on any atom is 0.304 e. The number of nitrogens with one attached hydrogen (secondary N) is 1. The molecular weight excluding hydrogens is 493 g/mol. The summed E-state index contributed by atoms with van der Waals surface area (Å²) in [6.07, 6.45) is 7.22. The van der Waals surface area contributed by atoms with E-state index in [0.717, 1.165) is 44.2 Å². The van der Waals surface area contributed by atoms with Gasteiger partial charge in [-0.2, -0.15) is 12.7 Å². The number of hydrogen-bond donors (Lipinski definition) is 1. The van der Waals surface area contributed by atoms with Crippen molar-refractivity contribution in [3.05, 3.63) is 65.0 Å². The van der Waals surface area contributed by atoms with E-state index in [1.165, 1.54) is 34.8 Å². The Hall–Kier alpha value is -2.49. The van der Waals surface area contributed by atoms with Gasteiger partial charge >= 0.3 is 10.2 Å². The van der Waals surface area contributed by atoms with Crippen LogP contribution in [0.15, 0.2) is 42.5 Å². The Labute approximate surface area is 218 Å². The summed E-state index contributed by atoms with van der Waals surface area (Å²) in [5.41, 5.74) is 1.91. The van der Waals surface area contributed by atoms with E-state index in [-0.39, 0.29) is 11.5 Å². The summed E-state index contributed by atoms with van der Waals surface area (Å²) in [5, 5.41) is 0. The molecule has 37 heavy (non-hydrogen) atoms. The first-order valence-electron chi connectivity index (χ1n) is 13.5. The largest absolute Gasteiger partial charge is 0.493 e. The predicted octanol–water partition coefficient (Wildman–Crippen LogP) is 4.21. The number of carbonyl (C=O) groups excluding carboxylic acids is 1. The van der Waals surface area contributed by atoms with Crippen molar-refractivity contribution in [3.8, 4) is 5.75 Å². The monoisotopic (exact) mass is 527 g/mol. The van der Waals surface area contributed by atoms with Crippen LogP contribution in [0.3, 0.4) is 0 Å². The molecule has 2 unspecified atom stereocenters. The van der Waals surface area contributed by atoms with E-state index in [2.05, 4.69) is 35.2 Å². The van der Waals surface area contributed by atoms with Gasteiger partial charge in [0.15, 0.2) is 0 Å². The molecule has 0 spiro atoms. The van der Waals surface area contributed by atoms with Crippen LogP contribution in [0, 0.1) is 11.7 Å². The van der Waals surface area contributed by atoms with Crippen molar-refractivity contribution in [1.29, 1.82) is 0 Å². The van der Waals surface area contributed by atoms with E-state index in [9.17, 15) is 13.2 Å². The smallest absolute Gasteiger partial charge is 0.304 e. The number of fused-ring (bicyclic) bond motifs is 2. The lowest BCUT2D eigenvalue weighted by Crippen LogP contribution is -2.49. The van der Waals surface area contributed by atoms with Crippen molar-refractivity contribution in [2.45, 2.75) is 69.5 Å². The number of halogens is 1. The van der Waals surface area contributed by atoms with Crippen LogP contribution >= 0.6 is 0 Å². The summed E-state index contributed by atoms with van der Waals surface area (Å²) in [7, 11) is -3.94. The number of hydrogen-bond acceptors (Lipinski definition) is 5. The van der Waals surface area contributed by atoms with Crippen molar-refractivity contribution >= 4 is 16.1 Å².